The van der Waals surface area contributed by atoms with Crippen LogP contribution in [0.4, 0.5) is 4.39 Å². The van der Waals surface area contributed by atoms with Gasteiger partial charge in [-0.3, -0.25) is 4.79 Å². The van der Waals surface area contributed by atoms with Gasteiger partial charge in [-0.05, 0) is 31.2 Å². The number of hydrogen-bond acceptors (Lipinski definition) is 5. The Morgan fingerprint density at radius 3 is 2.71 bits per heavy atom. The third-order valence-corrected chi connectivity index (χ3v) is 4.87. The molecule has 4 rings (SSSR count). The van der Waals surface area contributed by atoms with Crippen molar-refractivity contribution in [2.75, 3.05) is 7.11 Å². The Bertz CT molecular complexity index is 1240. The van der Waals surface area contributed by atoms with Gasteiger partial charge in [0.15, 0.2) is 0 Å². The smallest absolute Gasteiger partial charge is 0.255 e. The maximum atomic E-state index is 13.8. The second kappa shape index (κ2) is 8.74. The molecule has 4 aromatic rings. The van der Waals surface area contributed by atoms with Gasteiger partial charge in [0.05, 0.1) is 30.3 Å². The van der Waals surface area contributed by atoms with E-state index in [0.29, 0.717) is 34.2 Å². The predicted molar refractivity (Wildman–Crippen MR) is 113 cm³/mol. The highest BCUT2D eigenvalue weighted by Gasteiger charge is 2.17. The maximum Gasteiger partial charge on any atom is 0.255 e. The van der Waals surface area contributed by atoms with E-state index >= 15 is 0 Å². The van der Waals surface area contributed by atoms with Gasteiger partial charge < -0.3 is 10.1 Å². The molecule has 0 unspecified atom stereocenters. The highest BCUT2D eigenvalue weighted by molar-refractivity contribution is 5.95. The van der Waals surface area contributed by atoms with Crippen molar-refractivity contribution in [2.45, 2.75) is 13.5 Å². The zero-order valence-electron chi connectivity index (χ0n) is 17.0. The first-order chi connectivity index (χ1) is 15.1. The molecule has 0 aliphatic carbocycles. The summed E-state index contributed by atoms with van der Waals surface area (Å²) in [4.78, 5) is 21.5. The molecule has 0 atom stereocenters. The molecule has 31 heavy (non-hydrogen) atoms. The molecule has 2 aromatic heterocycles. The van der Waals surface area contributed by atoms with Crippen LogP contribution in [-0.4, -0.2) is 32.8 Å². The number of para-hydroxylation sites is 1. The lowest BCUT2D eigenvalue weighted by Gasteiger charge is -2.09. The van der Waals surface area contributed by atoms with Crippen LogP contribution in [0, 0.1) is 12.7 Å². The summed E-state index contributed by atoms with van der Waals surface area (Å²) in [6, 6.07) is 15.6. The largest absolute Gasteiger partial charge is 0.496 e. The summed E-state index contributed by atoms with van der Waals surface area (Å²) in [7, 11) is 1.60. The molecule has 8 heteroatoms. The average Bonchev–Trinajstić information content (AvgIpc) is 3.19. The molecule has 0 aliphatic rings. The fourth-order valence-electron chi connectivity index (χ4n) is 3.20. The van der Waals surface area contributed by atoms with Crippen molar-refractivity contribution in [3.05, 3.63) is 89.6 Å². The van der Waals surface area contributed by atoms with Gasteiger partial charge in [0, 0.05) is 23.9 Å². The first-order valence-electron chi connectivity index (χ1n) is 9.61. The maximum absolute atomic E-state index is 13.8. The monoisotopic (exact) mass is 417 g/mol. The number of amides is 1. The number of nitrogens with zero attached hydrogens (tertiary/aromatic N) is 4. The minimum absolute atomic E-state index is 0.0793. The number of hydrogen-bond donors (Lipinski definition) is 1. The summed E-state index contributed by atoms with van der Waals surface area (Å²) in [5.41, 5.74) is 2.84. The molecule has 0 saturated heterocycles. The number of halogens is 1. The summed E-state index contributed by atoms with van der Waals surface area (Å²) >= 11 is 0. The van der Waals surface area contributed by atoms with Crippen LogP contribution in [0.2, 0.25) is 0 Å². The van der Waals surface area contributed by atoms with Crippen LogP contribution in [-0.2, 0) is 6.54 Å². The predicted octanol–water partition coefficient (Wildman–Crippen LogP) is 3.72. The minimum Gasteiger partial charge on any atom is -0.496 e. The topological polar surface area (TPSA) is 81.9 Å². The van der Waals surface area contributed by atoms with E-state index in [1.54, 1.807) is 44.5 Å². The first-order valence-corrected chi connectivity index (χ1v) is 9.61. The first kappa shape index (κ1) is 20.2. The van der Waals surface area contributed by atoms with E-state index in [1.807, 2.05) is 24.3 Å². The summed E-state index contributed by atoms with van der Waals surface area (Å²) in [6.45, 7) is 1.83. The molecule has 0 radical (unpaired) electrons. The van der Waals surface area contributed by atoms with E-state index in [9.17, 15) is 9.18 Å². The number of benzene rings is 2. The molecule has 0 bridgehead atoms. The molecule has 0 aliphatic heterocycles. The average molecular weight is 417 g/mol. The van der Waals surface area contributed by atoms with Crippen LogP contribution >= 0.6 is 0 Å². The SMILES string of the molecule is COc1ccccc1-c1ccnc(-n2ncc(C(=O)NCc3ccccc3F)c2C)n1. The van der Waals surface area contributed by atoms with Gasteiger partial charge in [-0.15, -0.1) is 0 Å². The van der Waals surface area contributed by atoms with Crippen LogP contribution in [0.15, 0.2) is 67.0 Å². The Hall–Kier alpha value is -4.07. The number of carbonyl (C=O) groups is 1. The van der Waals surface area contributed by atoms with Crippen molar-refractivity contribution >= 4 is 5.91 Å². The second-order valence-electron chi connectivity index (χ2n) is 6.77. The lowest BCUT2D eigenvalue weighted by molar-refractivity contribution is 0.0950. The second-order valence-corrected chi connectivity index (χ2v) is 6.77. The van der Waals surface area contributed by atoms with E-state index in [4.69, 9.17) is 4.74 Å². The molecule has 1 amide bonds. The molecule has 1 N–H and O–H groups in total. The Kier molecular flexibility index (Phi) is 5.70. The number of aromatic nitrogens is 4. The molecule has 0 saturated carbocycles. The van der Waals surface area contributed by atoms with Crippen molar-refractivity contribution < 1.29 is 13.9 Å². The number of nitrogens with one attached hydrogen (secondary N) is 1. The fraction of sp³-hybridized carbons (Fsp3) is 0.130. The summed E-state index contributed by atoms with van der Waals surface area (Å²) in [6.07, 6.45) is 3.08. The highest BCUT2D eigenvalue weighted by atomic mass is 19.1. The molecule has 0 spiro atoms. The van der Waals surface area contributed by atoms with Crippen LogP contribution < -0.4 is 10.1 Å². The quantitative estimate of drug-likeness (QED) is 0.517. The van der Waals surface area contributed by atoms with E-state index in [0.717, 1.165) is 5.56 Å². The van der Waals surface area contributed by atoms with Gasteiger partial charge in [-0.1, -0.05) is 30.3 Å². The van der Waals surface area contributed by atoms with Gasteiger partial charge in [0.2, 0.25) is 0 Å². The molecule has 2 aromatic carbocycles. The van der Waals surface area contributed by atoms with Crippen LogP contribution in [0.1, 0.15) is 21.6 Å². The number of carbonyl (C=O) groups excluding carboxylic acids is 1. The minimum atomic E-state index is -0.364. The summed E-state index contributed by atoms with van der Waals surface area (Å²) in [5, 5.41) is 7.01. The standard InChI is InChI=1S/C23H20FN5O2/c1-15-18(22(30)26-13-16-7-3-5-9-19(16)24)14-27-29(15)23-25-12-11-20(28-23)17-8-4-6-10-21(17)31-2/h3-12,14H,13H2,1-2H3,(H,26,30). The number of rotatable bonds is 6. The molecule has 7 nitrogen and oxygen atoms in total. The normalized spacial score (nSPS) is 10.7. The lowest BCUT2D eigenvalue weighted by atomic mass is 10.1. The van der Waals surface area contributed by atoms with Crippen molar-refractivity contribution in [1.29, 1.82) is 0 Å². The third kappa shape index (κ3) is 4.13. The third-order valence-electron chi connectivity index (χ3n) is 4.87. The van der Waals surface area contributed by atoms with Crippen molar-refractivity contribution in [3.63, 3.8) is 0 Å². The van der Waals surface area contributed by atoms with Gasteiger partial charge in [0.25, 0.3) is 11.9 Å². The number of methoxy groups -OCH3 is 1. The van der Waals surface area contributed by atoms with Gasteiger partial charge in [-0.2, -0.15) is 5.10 Å². The van der Waals surface area contributed by atoms with Crippen molar-refractivity contribution in [2.24, 2.45) is 0 Å². The Labute approximate surface area is 178 Å². The van der Waals surface area contributed by atoms with E-state index in [1.165, 1.54) is 16.9 Å². The van der Waals surface area contributed by atoms with E-state index in [2.05, 4.69) is 20.4 Å². The Morgan fingerprint density at radius 2 is 1.90 bits per heavy atom. The highest BCUT2D eigenvalue weighted by Crippen LogP contribution is 2.28. The van der Waals surface area contributed by atoms with Gasteiger partial charge in [0.1, 0.15) is 11.6 Å². The molecule has 156 valence electrons. The molecular weight excluding hydrogens is 397 g/mol. The Morgan fingerprint density at radius 1 is 1.13 bits per heavy atom. The van der Waals surface area contributed by atoms with E-state index < -0.39 is 0 Å². The molecular formula is C23H20FN5O2. The fourth-order valence-corrected chi connectivity index (χ4v) is 3.20. The molecule has 2 heterocycles. The Balaban J connectivity index is 1.58. The van der Waals surface area contributed by atoms with Crippen molar-refractivity contribution in [1.82, 2.24) is 25.1 Å². The molecule has 0 fully saturated rings. The van der Waals surface area contributed by atoms with E-state index in [-0.39, 0.29) is 18.3 Å². The number of ether oxygens (including phenoxy) is 1. The zero-order chi connectivity index (χ0) is 21.8. The van der Waals surface area contributed by atoms with Crippen LogP contribution in [0.5, 0.6) is 5.75 Å². The van der Waals surface area contributed by atoms with Crippen LogP contribution in [0.25, 0.3) is 17.2 Å². The summed E-state index contributed by atoms with van der Waals surface area (Å²) < 4.78 is 20.7. The lowest BCUT2D eigenvalue weighted by Crippen LogP contribution is -2.23. The van der Waals surface area contributed by atoms with Crippen LogP contribution in [0.3, 0.4) is 0 Å². The zero-order valence-corrected chi connectivity index (χ0v) is 17.0. The van der Waals surface area contributed by atoms with Crippen molar-refractivity contribution in [3.8, 4) is 23.0 Å². The summed E-state index contributed by atoms with van der Waals surface area (Å²) in [5.74, 6) is 0.302. The van der Waals surface area contributed by atoms with Gasteiger partial charge >= 0.3 is 0 Å². The van der Waals surface area contributed by atoms with Gasteiger partial charge in [-0.25, -0.2) is 19.0 Å².